The summed E-state index contributed by atoms with van der Waals surface area (Å²) in [6.07, 6.45) is -1.43. The van der Waals surface area contributed by atoms with Crippen LogP contribution >= 0.6 is 0 Å². The summed E-state index contributed by atoms with van der Waals surface area (Å²) < 4.78 is 10.1. The minimum atomic E-state index is -1.32. The number of nitriles is 1. The fourth-order valence-corrected chi connectivity index (χ4v) is 3.82. The van der Waals surface area contributed by atoms with Crippen molar-refractivity contribution in [1.29, 1.82) is 5.26 Å². The van der Waals surface area contributed by atoms with E-state index in [1.165, 1.54) is 0 Å². The molecule has 214 valence electrons. The van der Waals surface area contributed by atoms with Crippen molar-refractivity contribution in [2.45, 2.75) is 78.5 Å². The van der Waals surface area contributed by atoms with Crippen LogP contribution in [0, 0.1) is 25.2 Å². The molecule has 4 N–H and O–H groups in total. The molecule has 0 radical (unpaired) electrons. The van der Waals surface area contributed by atoms with Crippen LogP contribution in [0.15, 0.2) is 18.2 Å². The number of rotatable bonds is 13. The van der Waals surface area contributed by atoms with E-state index in [1.54, 1.807) is 39.8 Å². The van der Waals surface area contributed by atoms with Crippen LogP contribution < -0.4 is 16.4 Å². The summed E-state index contributed by atoms with van der Waals surface area (Å²) in [4.78, 5) is 64.0. The third kappa shape index (κ3) is 11.8. The van der Waals surface area contributed by atoms with Crippen molar-refractivity contribution >= 4 is 29.8 Å². The number of esters is 1. The second kappa shape index (κ2) is 15.3. The van der Waals surface area contributed by atoms with E-state index in [9.17, 15) is 29.2 Å². The average Bonchev–Trinajstić information content (AvgIpc) is 2.79. The molecule has 2 atom stereocenters. The molecule has 0 saturated heterocycles. The summed E-state index contributed by atoms with van der Waals surface area (Å²) in [6.45, 7) is 9.87. The van der Waals surface area contributed by atoms with Crippen LogP contribution in [0.25, 0.3) is 0 Å². The van der Waals surface area contributed by atoms with Gasteiger partial charge in [-0.3, -0.25) is 19.2 Å². The van der Waals surface area contributed by atoms with Crippen LogP contribution in [0.2, 0.25) is 0 Å². The van der Waals surface area contributed by atoms with Gasteiger partial charge in [-0.15, -0.1) is 0 Å². The Labute approximate surface area is 229 Å². The van der Waals surface area contributed by atoms with E-state index < -0.39 is 54.0 Å². The number of carbonyl (C=O) groups is 5. The lowest BCUT2D eigenvalue weighted by molar-refractivity contribution is -0.144. The van der Waals surface area contributed by atoms with Gasteiger partial charge in [-0.25, -0.2) is 4.79 Å². The molecule has 0 saturated carbocycles. The molecular weight excluding hydrogens is 506 g/mol. The van der Waals surface area contributed by atoms with Crippen LogP contribution in [-0.4, -0.2) is 66.0 Å². The number of primary amides is 1. The summed E-state index contributed by atoms with van der Waals surface area (Å²) in [5.74, 6) is -2.63. The summed E-state index contributed by atoms with van der Waals surface area (Å²) >= 11 is 0. The quantitative estimate of drug-likeness (QED) is 0.248. The lowest BCUT2D eigenvalue weighted by atomic mass is 9.98. The average molecular weight is 546 g/mol. The molecular formula is C27H39N5O7. The van der Waals surface area contributed by atoms with Crippen LogP contribution in [0.4, 0.5) is 4.79 Å². The number of hydrogen-bond acceptors (Lipinski definition) is 8. The topological polar surface area (TPSA) is 181 Å². The maximum atomic E-state index is 13.8. The number of nitrogens with two attached hydrogens (primary N) is 1. The van der Waals surface area contributed by atoms with Crippen molar-refractivity contribution in [3.63, 3.8) is 0 Å². The number of benzene rings is 1. The first kappa shape index (κ1) is 32.9. The van der Waals surface area contributed by atoms with E-state index in [-0.39, 0.29) is 32.4 Å². The highest BCUT2D eigenvalue weighted by atomic mass is 16.6. The lowest BCUT2D eigenvalue weighted by Gasteiger charge is -2.33. The van der Waals surface area contributed by atoms with Gasteiger partial charge in [0.25, 0.3) is 0 Å². The monoisotopic (exact) mass is 545 g/mol. The predicted molar refractivity (Wildman–Crippen MR) is 142 cm³/mol. The predicted octanol–water partition coefficient (Wildman–Crippen LogP) is 1.92. The largest absolute Gasteiger partial charge is 0.466 e. The second-order valence-corrected chi connectivity index (χ2v) is 10.00. The number of carbonyl (C=O) groups excluding carboxylic acids is 5. The highest BCUT2D eigenvalue weighted by Crippen LogP contribution is 2.25. The highest BCUT2D eigenvalue weighted by Gasteiger charge is 2.36. The Morgan fingerprint density at radius 1 is 1.08 bits per heavy atom. The third-order valence-corrected chi connectivity index (χ3v) is 5.25. The normalized spacial score (nSPS) is 12.3. The number of alkyl carbamates (subject to hydrolysis) is 1. The van der Waals surface area contributed by atoms with Crippen LogP contribution in [0.3, 0.4) is 0 Å². The first-order valence-electron chi connectivity index (χ1n) is 12.6. The maximum Gasteiger partial charge on any atom is 0.408 e. The van der Waals surface area contributed by atoms with Gasteiger partial charge in [0.15, 0.2) is 0 Å². The van der Waals surface area contributed by atoms with E-state index in [4.69, 9.17) is 15.2 Å². The molecule has 1 aromatic rings. The smallest absolute Gasteiger partial charge is 0.408 e. The molecule has 1 rings (SSSR count). The zero-order chi connectivity index (χ0) is 29.8. The molecule has 0 fully saturated rings. The Balaban J connectivity index is 3.45. The van der Waals surface area contributed by atoms with Gasteiger partial charge in [-0.1, -0.05) is 29.3 Å². The molecule has 2 unspecified atom stereocenters. The zero-order valence-electron chi connectivity index (χ0n) is 23.5. The van der Waals surface area contributed by atoms with Gasteiger partial charge in [-0.05, 0) is 53.5 Å². The molecule has 1 aromatic carbocycles. The minimum absolute atomic E-state index is 0.0607. The standard InChI is InChI=1S/C27H39N5O7/c1-7-38-22(34)10-12-30-24(35)23(19-15-17(2)14-18(3)16-19)32(13-11-28)25(36)20(8-9-21(29)33)31-26(37)39-27(4,5)6/h14-16,20,23H,7-10,12-13H2,1-6H3,(H2,29,33)(H,30,35)(H,31,37). The van der Waals surface area contributed by atoms with Gasteiger partial charge in [0.1, 0.15) is 24.2 Å². The van der Waals surface area contributed by atoms with Gasteiger partial charge in [-0.2, -0.15) is 5.26 Å². The van der Waals surface area contributed by atoms with Crippen molar-refractivity contribution in [2.75, 3.05) is 19.7 Å². The highest BCUT2D eigenvalue weighted by molar-refractivity contribution is 5.92. The minimum Gasteiger partial charge on any atom is -0.466 e. The van der Waals surface area contributed by atoms with E-state index in [0.717, 1.165) is 16.0 Å². The van der Waals surface area contributed by atoms with E-state index in [2.05, 4.69) is 10.6 Å². The SMILES string of the molecule is CCOC(=O)CCNC(=O)C(c1cc(C)cc(C)c1)N(CC#N)C(=O)C(CCC(N)=O)NC(=O)OC(C)(C)C. The van der Waals surface area contributed by atoms with Gasteiger partial charge >= 0.3 is 12.1 Å². The summed E-state index contributed by atoms with van der Waals surface area (Å²) in [6, 6.07) is 4.60. The zero-order valence-corrected chi connectivity index (χ0v) is 23.5. The number of ether oxygens (including phenoxy) is 2. The molecule has 0 bridgehead atoms. The molecule has 4 amide bonds. The fraction of sp³-hybridized carbons (Fsp3) is 0.556. The second-order valence-electron chi connectivity index (χ2n) is 10.00. The molecule has 0 heterocycles. The molecule has 12 heteroatoms. The van der Waals surface area contributed by atoms with Gasteiger partial charge in [0, 0.05) is 13.0 Å². The fourth-order valence-electron chi connectivity index (χ4n) is 3.82. The van der Waals surface area contributed by atoms with Crippen molar-refractivity contribution in [3.8, 4) is 6.07 Å². The molecule has 0 spiro atoms. The lowest BCUT2D eigenvalue weighted by Crippen LogP contribution is -2.53. The van der Waals surface area contributed by atoms with Gasteiger partial charge in [0.2, 0.25) is 17.7 Å². The summed E-state index contributed by atoms with van der Waals surface area (Å²) in [5.41, 5.74) is 6.47. The Hall–Kier alpha value is -4.14. The molecule has 0 aliphatic rings. The number of nitrogens with zero attached hydrogens (tertiary/aromatic N) is 2. The van der Waals surface area contributed by atoms with Crippen molar-refractivity contribution in [3.05, 3.63) is 34.9 Å². The molecule has 12 nitrogen and oxygen atoms in total. The summed E-state index contributed by atoms with van der Waals surface area (Å²) in [5, 5.41) is 14.7. The van der Waals surface area contributed by atoms with Crippen LogP contribution in [0.5, 0.6) is 0 Å². The third-order valence-electron chi connectivity index (χ3n) is 5.25. The Bertz CT molecular complexity index is 1070. The first-order chi connectivity index (χ1) is 18.2. The van der Waals surface area contributed by atoms with Crippen LogP contribution in [-0.2, 0) is 28.7 Å². The molecule has 0 aromatic heterocycles. The number of aryl methyl sites for hydroxylation is 2. The number of hydrogen-bond donors (Lipinski definition) is 3. The summed E-state index contributed by atoms with van der Waals surface area (Å²) in [7, 11) is 0. The molecule has 0 aliphatic heterocycles. The van der Waals surface area contributed by atoms with E-state index in [1.807, 2.05) is 26.0 Å². The van der Waals surface area contributed by atoms with E-state index in [0.29, 0.717) is 5.56 Å². The van der Waals surface area contributed by atoms with Gasteiger partial charge < -0.3 is 30.7 Å². The van der Waals surface area contributed by atoms with Crippen molar-refractivity contribution in [2.24, 2.45) is 5.73 Å². The Morgan fingerprint density at radius 3 is 2.21 bits per heavy atom. The van der Waals surface area contributed by atoms with Crippen LogP contribution in [0.1, 0.15) is 69.7 Å². The Morgan fingerprint density at radius 2 is 1.69 bits per heavy atom. The van der Waals surface area contributed by atoms with Gasteiger partial charge in [0.05, 0.1) is 19.1 Å². The number of amides is 4. The Kier molecular flexibility index (Phi) is 12.9. The molecule has 0 aliphatic carbocycles. The molecule has 39 heavy (non-hydrogen) atoms. The number of nitrogens with one attached hydrogen (secondary N) is 2. The van der Waals surface area contributed by atoms with Crippen molar-refractivity contribution in [1.82, 2.24) is 15.5 Å². The first-order valence-corrected chi connectivity index (χ1v) is 12.6. The van der Waals surface area contributed by atoms with Crippen molar-refractivity contribution < 1.29 is 33.4 Å². The maximum absolute atomic E-state index is 13.8. The van der Waals surface area contributed by atoms with E-state index >= 15 is 0 Å².